The maximum atomic E-state index is 7.80. The molecule has 3 aliphatic carbocycles. The fourth-order valence-corrected chi connectivity index (χ4v) is 14.7. The summed E-state index contributed by atoms with van der Waals surface area (Å²) in [5.74, 6) is 0.718. The van der Waals surface area contributed by atoms with E-state index in [-0.39, 0.29) is 45.5 Å². The Bertz CT molecular complexity index is 1070. The number of hydrogen-bond donors (Lipinski definition) is 0. The van der Waals surface area contributed by atoms with Gasteiger partial charge in [-0.05, 0) is 98.1 Å². The highest BCUT2D eigenvalue weighted by Gasteiger charge is 2.70. The van der Waals surface area contributed by atoms with Crippen molar-refractivity contribution in [3.8, 4) is 0 Å². The van der Waals surface area contributed by atoms with Crippen LogP contribution in [0, 0.1) is 28.1 Å². The second kappa shape index (κ2) is 16.7. The zero-order valence-electron chi connectivity index (χ0n) is 35.1. The molecule has 3 rings (SSSR count). The summed E-state index contributed by atoms with van der Waals surface area (Å²) in [6, 6.07) is 4.61. The van der Waals surface area contributed by atoms with E-state index in [9.17, 15) is 0 Å². The SMILES string of the molecule is CC[Si](CC)(CC)O[C@H]1C[C@H]2C(C)(C)C(C)=C[C@@]2(CCCOCOC)[C@@H]2[C@@H](O[Si](C)(C)C(C)(C)C)CC[C@H](OCOCC[Si](C)(C)C)[C@]12C. The molecule has 6 nitrogen and oxygen atoms in total. The third-order valence-electron chi connectivity index (χ3n) is 14.2. The van der Waals surface area contributed by atoms with Gasteiger partial charge in [0, 0.05) is 45.8 Å². The van der Waals surface area contributed by atoms with Gasteiger partial charge in [-0.25, -0.2) is 0 Å². The van der Waals surface area contributed by atoms with E-state index < -0.39 is 24.7 Å². The van der Waals surface area contributed by atoms with Crippen LogP contribution in [0.25, 0.3) is 0 Å². The molecule has 0 aliphatic heterocycles. The van der Waals surface area contributed by atoms with Crippen molar-refractivity contribution in [3.63, 3.8) is 0 Å². The Kier molecular flexibility index (Phi) is 14.8. The van der Waals surface area contributed by atoms with Crippen LogP contribution < -0.4 is 0 Å². The van der Waals surface area contributed by atoms with Gasteiger partial charge in [-0.2, -0.15) is 0 Å². The predicted molar refractivity (Wildman–Crippen MR) is 214 cm³/mol. The molecule has 0 unspecified atom stereocenters. The van der Waals surface area contributed by atoms with Crippen LogP contribution in [0.2, 0.25) is 61.9 Å². The second-order valence-electron chi connectivity index (χ2n) is 19.5. The number of hydrogen-bond acceptors (Lipinski definition) is 6. The van der Waals surface area contributed by atoms with Crippen LogP contribution in [0.4, 0.5) is 0 Å². The van der Waals surface area contributed by atoms with E-state index in [0.29, 0.717) is 26.1 Å². The summed E-state index contributed by atoms with van der Waals surface area (Å²) in [6.07, 6.45) is 8.15. The lowest BCUT2D eigenvalue weighted by atomic mass is 9.43. The van der Waals surface area contributed by atoms with Gasteiger partial charge in [-0.3, -0.25) is 0 Å². The van der Waals surface area contributed by atoms with Gasteiger partial charge in [0.15, 0.2) is 16.6 Å². The Morgan fingerprint density at radius 3 is 2.00 bits per heavy atom. The van der Waals surface area contributed by atoms with Gasteiger partial charge in [0.05, 0.1) is 12.2 Å². The maximum absolute atomic E-state index is 7.80. The van der Waals surface area contributed by atoms with Gasteiger partial charge < -0.3 is 27.8 Å². The van der Waals surface area contributed by atoms with Crippen LogP contribution in [0.5, 0.6) is 0 Å². The molecule has 2 saturated carbocycles. The van der Waals surface area contributed by atoms with Gasteiger partial charge >= 0.3 is 0 Å². The van der Waals surface area contributed by atoms with Gasteiger partial charge in [-0.1, -0.05) is 93.6 Å². The third kappa shape index (κ3) is 9.28. The third-order valence-corrected chi connectivity index (χ3v) is 25.1. The first-order chi connectivity index (χ1) is 22.6. The molecule has 0 heterocycles. The highest BCUT2D eigenvalue weighted by Crippen LogP contribution is 2.71. The zero-order chi connectivity index (χ0) is 37.1. The Balaban J connectivity index is 2.22. The van der Waals surface area contributed by atoms with E-state index >= 15 is 0 Å². The minimum Gasteiger partial charge on any atom is -0.414 e. The number of fused-ring (bicyclic) bond motifs is 3. The van der Waals surface area contributed by atoms with Crippen molar-refractivity contribution >= 4 is 24.7 Å². The van der Waals surface area contributed by atoms with Crippen LogP contribution in [-0.2, 0) is 27.8 Å². The highest BCUT2D eigenvalue weighted by atomic mass is 28.4. The van der Waals surface area contributed by atoms with Crippen molar-refractivity contribution in [2.45, 2.75) is 182 Å². The Morgan fingerprint density at radius 1 is 0.837 bits per heavy atom. The molecule has 0 aromatic rings. The van der Waals surface area contributed by atoms with Crippen molar-refractivity contribution in [2.75, 3.05) is 33.9 Å². The number of rotatable bonds is 19. The molecule has 49 heavy (non-hydrogen) atoms. The predicted octanol–water partition coefficient (Wildman–Crippen LogP) is 11.3. The average Bonchev–Trinajstić information content (AvgIpc) is 3.19. The molecule has 7 atom stereocenters. The van der Waals surface area contributed by atoms with Crippen LogP contribution >= 0.6 is 0 Å². The summed E-state index contributed by atoms with van der Waals surface area (Å²) < 4.78 is 40.0. The molecule has 0 spiro atoms. The van der Waals surface area contributed by atoms with Crippen molar-refractivity contribution < 1.29 is 27.8 Å². The minimum atomic E-state index is -2.10. The first kappa shape index (κ1) is 43.6. The second-order valence-corrected chi connectivity index (χ2v) is 34.6. The molecule has 0 aromatic heterocycles. The molecular weight excluding hydrogens is 661 g/mol. The lowest BCUT2D eigenvalue weighted by Gasteiger charge is -2.67. The van der Waals surface area contributed by atoms with Gasteiger partial charge in [-0.15, -0.1) is 0 Å². The summed E-state index contributed by atoms with van der Waals surface area (Å²) in [5.41, 5.74) is 1.32. The van der Waals surface area contributed by atoms with Crippen LogP contribution in [-0.4, -0.2) is 76.9 Å². The van der Waals surface area contributed by atoms with Crippen molar-refractivity contribution in [3.05, 3.63) is 11.6 Å². The van der Waals surface area contributed by atoms with Crippen molar-refractivity contribution in [1.82, 2.24) is 0 Å². The molecule has 0 radical (unpaired) electrons. The lowest BCUT2D eigenvalue weighted by Crippen LogP contribution is -2.69. The van der Waals surface area contributed by atoms with Crippen LogP contribution in [0.15, 0.2) is 11.6 Å². The summed E-state index contributed by atoms with van der Waals surface area (Å²) in [4.78, 5) is 0. The molecule has 288 valence electrons. The van der Waals surface area contributed by atoms with E-state index in [2.05, 4.69) is 108 Å². The molecule has 0 bridgehead atoms. The molecule has 3 aliphatic rings. The molecule has 0 amide bonds. The van der Waals surface area contributed by atoms with Crippen LogP contribution in [0.1, 0.15) is 101 Å². The summed E-state index contributed by atoms with van der Waals surface area (Å²) in [6.45, 7) is 38.6. The summed E-state index contributed by atoms with van der Waals surface area (Å²) >= 11 is 0. The molecule has 0 saturated heterocycles. The quantitative estimate of drug-likeness (QED) is 0.0569. The standard InChI is InChI=1S/C40H80O6Si3/c1-17-49(18-2,19-3)46-35-27-33-38(8,9)31(4)28-40(33,23-20-24-42-29-41-11)36-32(45-48(15,16)37(5,6)7)21-22-34(39(35,36)10)44-30-43-25-26-47(12,13)14/h28,32-36H,17-27,29-30H2,1-16H3/t32-,33-,34-,35-,36+,39+,40+/m0/s1. The summed E-state index contributed by atoms with van der Waals surface area (Å²) in [7, 11) is -3.54. The normalized spacial score (nSPS) is 32.2. The largest absolute Gasteiger partial charge is 0.414 e. The van der Waals surface area contributed by atoms with Gasteiger partial charge in [0.1, 0.15) is 13.6 Å². The van der Waals surface area contributed by atoms with E-state index in [1.54, 1.807) is 7.11 Å². The van der Waals surface area contributed by atoms with Crippen molar-refractivity contribution in [2.24, 2.45) is 28.1 Å². The first-order valence-corrected chi connectivity index (χ1v) is 29.1. The van der Waals surface area contributed by atoms with Gasteiger partial charge in [0.2, 0.25) is 0 Å². The Hall–Kier alpha value is 0.151. The minimum absolute atomic E-state index is 0.0404. The number of methoxy groups -OCH3 is 1. The first-order valence-electron chi connectivity index (χ1n) is 19.9. The molecule has 0 N–H and O–H groups in total. The Labute approximate surface area is 306 Å². The topological polar surface area (TPSA) is 55.4 Å². The fraction of sp³-hybridized carbons (Fsp3) is 0.950. The van der Waals surface area contributed by atoms with Crippen molar-refractivity contribution in [1.29, 1.82) is 0 Å². The zero-order valence-corrected chi connectivity index (χ0v) is 38.1. The monoisotopic (exact) mass is 741 g/mol. The van der Waals surface area contributed by atoms with E-state index in [4.69, 9.17) is 27.8 Å². The number of allylic oxidation sites excluding steroid dienone is 2. The maximum Gasteiger partial charge on any atom is 0.192 e. The van der Waals surface area contributed by atoms with Gasteiger partial charge in [0.25, 0.3) is 0 Å². The Morgan fingerprint density at radius 2 is 1.45 bits per heavy atom. The highest BCUT2D eigenvalue weighted by molar-refractivity contribution is 6.76. The van der Waals surface area contributed by atoms with E-state index in [1.165, 1.54) is 5.57 Å². The molecular formula is C40H80O6Si3. The number of ether oxygens (including phenoxy) is 4. The lowest BCUT2D eigenvalue weighted by molar-refractivity contribution is -0.252. The van der Waals surface area contributed by atoms with Crippen LogP contribution in [0.3, 0.4) is 0 Å². The molecule has 2 fully saturated rings. The van der Waals surface area contributed by atoms with E-state index in [0.717, 1.165) is 62.9 Å². The van der Waals surface area contributed by atoms with E-state index in [1.807, 2.05) is 0 Å². The molecule has 9 heteroatoms. The fourth-order valence-electron chi connectivity index (χ4n) is 9.67. The smallest absolute Gasteiger partial charge is 0.192 e. The molecule has 0 aromatic carbocycles. The average molecular weight is 741 g/mol. The summed E-state index contributed by atoms with van der Waals surface area (Å²) in [5, 5.41) is 0.126.